The molecule has 0 unspecified atom stereocenters. The van der Waals surface area contributed by atoms with Gasteiger partial charge < -0.3 is 9.47 Å². The van der Waals surface area contributed by atoms with Crippen LogP contribution in [0.5, 0.6) is 0 Å². The van der Waals surface area contributed by atoms with E-state index in [2.05, 4.69) is 26.5 Å². The Balaban J connectivity index is 3.78. The Bertz CT molecular complexity index is 268. The molecule has 25 heavy (non-hydrogen) atoms. The van der Waals surface area contributed by atoms with Crippen molar-refractivity contribution < 1.29 is 9.47 Å². The molecular formula is C23H44O2. The van der Waals surface area contributed by atoms with Gasteiger partial charge in [0, 0.05) is 19.6 Å². The standard InChI is InChI=1S/C23H44O2/c1-4-7-10-13-15-18-21-24-23(20-17-12-9-6-3)25-22-19-16-14-11-8-5-2/h6,9,12,23H,3-5,7-8,10-11,13-22H2,1-2H3/b12-9-. The molecule has 0 N–H and O–H groups in total. The third kappa shape index (κ3) is 19.6. The van der Waals surface area contributed by atoms with Gasteiger partial charge in [0.25, 0.3) is 0 Å². The Morgan fingerprint density at radius 3 is 1.68 bits per heavy atom. The van der Waals surface area contributed by atoms with Crippen LogP contribution in [0.25, 0.3) is 0 Å². The first-order valence-corrected chi connectivity index (χ1v) is 10.9. The lowest BCUT2D eigenvalue weighted by Crippen LogP contribution is -2.18. The summed E-state index contributed by atoms with van der Waals surface area (Å²) in [4.78, 5) is 0. The zero-order chi connectivity index (χ0) is 18.4. The summed E-state index contributed by atoms with van der Waals surface area (Å²) >= 11 is 0. The van der Waals surface area contributed by atoms with Crippen LogP contribution in [-0.4, -0.2) is 19.5 Å². The third-order valence-electron chi connectivity index (χ3n) is 4.44. The van der Waals surface area contributed by atoms with E-state index in [0.717, 1.165) is 38.9 Å². The second kappa shape index (κ2) is 21.4. The first-order valence-electron chi connectivity index (χ1n) is 10.9. The fourth-order valence-electron chi connectivity index (χ4n) is 2.83. The summed E-state index contributed by atoms with van der Waals surface area (Å²) in [7, 11) is 0. The fourth-order valence-corrected chi connectivity index (χ4v) is 2.83. The van der Waals surface area contributed by atoms with Crippen LogP contribution in [-0.2, 0) is 9.47 Å². The van der Waals surface area contributed by atoms with Crippen molar-refractivity contribution in [2.75, 3.05) is 13.2 Å². The Labute approximate surface area is 158 Å². The predicted molar refractivity (Wildman–Crippen MR) is 111 cm³/mol. The SMILES string of the molecule is C=C/C=C\CCC(OCCCCCCCC)OCCCCCCCC. The molecule has 0 radical (unpaired) electrons. The molecule has 0 spiro atoms. The fraction of sp³-hybridized carbons (Fsp3) is 0.826. The molecule has 0 atom stereocenters. The zero-order valence-corrected chi connectivity index (χ0v) is 17.1. The van der Waals surface area contributed by atoms with Crippen LogP contribution in [0.4, 0.5) is 0 Å². The molecule has 0 amide bonds. The van der Waals surface area contributed by atoms with Gasteiger partial charge in [-0.1, -0.05) is 103 Å². The maximum absolute atomic E-state index is 5.99. The van der Waals surface area contributed by atoms with E-state index in [9.17, 15) is 0 Å². The van der Waals surface area contributed by atoms with Crippen molar-refractivity contribution in [2.24, 2.45) is 0 Å². The van der Waals surface area contributed by atoms with Crippen LogP contribution >= 0.6 is 0 Å². The molecule has 0 saturated heterocycles. The first kappa shape index (κ1) is 24.4. The Kier molecular flexibility index (Phi) is 20.9. The molecule has 2 heteroatoms. The predicted octanol–water partition coefficient (Wildman–Crippen LogP) is 7.59. The highest BCUT2D eigenvalue weighted by atomic mass is 16.7. The van der Waals surface area contributed by atoms with Crippen LogP contribution in [0.15, 0.2) is 24.8 Å². The summed E-state index contributed by atoms with van der Waals surface area (Å²) in [6.45, 7) is 9.89. The van der Waals surface area contributed by atoms with Crippen LogP contribution < -0.4 is 0 Å². The number of rotatable bonds is 20. The Morgan fingerprint density at radius 1 is 0.720 bits per heavy atom. The minimum absolute atomic E-state index is 0.0410. The van der Waals surface area contributed by atoms with Gasteiger partial charge in [0.15, 0.2) is 6.29 Å². The van der Waals surface area contributed by atoms with E-state index >= 15 is 0 Å². The van der Waals surface area contributed by atoms with Crippen molar-refractivity contribution in [3.63, 3.8) is 0 Å². The molecule has 0 heterocycles. The molecule has 148 valence electrons. The van der Waals surface area contributed by atoms with Crippen molar-refractivity contribution in [1.29, 1.82) is 0 Å². The maximum atomic E-state index is 5.99. The number of unbranched alkanes of at least 4 members (excludes halogenated alkanes) is 10. The van der Waals surface area contributed by atoms with Gasteiger partial charge in [0.05, 0.1) is 0 Å². The molecule has 0 aliphatic rings. The van der Waals surface area contributed by atoms with Gasteiger partial charge in [-0.05, 0) is 19.3 Å². The smallest absolute Gasteiger partial charge is 0.157 e. The van der Waals surface area contributed by atoms with Gasteiger partial charge in [0.2, 0.25) is 0 Å². The largest absolute Gasteiger partial charge is 0.353 e. The van der Waals surface area contributed by atoms with Crippen LogP contribution in [0.2, 0.25) is 0 Å². The summed E-state index contributed by atoms with van der Waals surface area (Å²) in [5, 5.41) is 0. The van der Waals surface area contributed by atoms with E-state index < -0.39 is 0 Å². The number of hydrogen-bond acceptors (Lipinski definition) is 2. The van der Waals surface area contributed by atoms with Crippen molar-refractivity contribution >= 4 is 0 Å². The maximum Gasteiger partial charge on any atom is 0.157 e. The molecular weight excluding hydrogens is 308 g/mol. The average molecular weight is 353 g/mol. The van der Waals surface area contributed by atoms with Crippen molar-refractivity contribution in [3.05, 3.63) is 24.8 Å². The minimum atomic E-state index is -0.0410. The highest BCUT2D eigenvalue weighted by molar-refractivity contribution is 4.96. The monoisotopic (exact) mass is 352 g/mol. The van der Waals surface area contributed by atoms with Gasteiger partial charge in [-0.15, -0.1) is 0 Å². The lowest BCUT2D eigenvalue weighted by molar-refractivity contribution is -0.146. The lowest BCUT2D eigenvalue weighted by Gasteiger charge is -2.18. The molecule has 0 rings (SSSR count). The summed E-state index contributed by atoms with van der Waals surface area (Å²) in [5.74, 6) is 0. The van der Waals surface area contributed by atoms with Crippen LogP contribution in [0.1, 0.15) is 104 Å². The summed E-state index contributed by atoms with van der Waals surface area (Å²) in [6.07, 6.45) is 23.5. The van der Waals surface area contributed by atoms with Gasteiger partial charge in [-0.25, -0.2) is 0 Å². The van der Waals surface area contributed by atoms with E-state index in [1.165, 1.54) is 64.2 Å². The number of allylic oxidation sites excluding steroid dienone is 3. The summed E-state index contributed by atoms with van der Waals surface area (Å²) in [5.41, 5.74) is 0. The zero-order valence-electron chi connectivity index (χ0n) is 17.1. The lowest BCUT2D eigenvalue weighted by atomic mass is 10.1. The Hall–Kier alpha value is -0.600. The third-order valence-corrected chi connectivity index (χ3v) is 4.44. The van der Waals surface area contributed by atoms with Crippen LogP contribution in [0.3, 0.4) is 0 Å². The molecule has 0 saturated carbocycles. The molecule has 0 aromatic carbocycles. The second-order valence-electron chi connectivity index (χ2n) is 6.95. The van der Waals surface area contributed by atoms with Gasteiger partial charge in [-0.2, -0.15) is 0 Å². The number of hydrogen-bond donors (Lipinski definition) is 0. The highest BCUT2D eigenvalue weighted by Crippen LogP contribution is 2.11. The van der Waals surface area contributed by atoms with Gasteiger partial charge in [-0.3, -0.25) is 0 Å². The average Bonchev–Trinajstić information content (AvgIpc) is 2.63. The molecule has 0 aromatic rings. The van der Waals surface area contributed by atoms with Gasteiger partial charge in [0.1, 0.15) is 0 Å². The van der Waals surface area contributed by atoms with E-state index in [4.69, 9.17) is 9.47 Å². The summed E-state index contributed by atoms with van der Waals surface area (Å²) in [6, 6.07) is 0. The van der Waals surface area contributed by atoms with Crippen molar-refractivity contribution in [3.8, 4) is 0 Å². The molecule has 0 aliphatic carbocycles. The van der Waals surface area contributed by atoms with Crippen molar-refractivity contribution in [2.45, 2.75) is 110 Å². The summed E-state index contributed by atoms with van der Waals surface area (Å²) < 4.78 is 12.0. The first-order chi connectivity index (χ1) is 12.3. The second-order valence-corrected chi connectivity index (χ2v) is 6.95. The normalized spacial score (nSPS) is 11.6. The van der Waals surface area contributed by atoms with Gasteiger partial charge >= 0.3 is 0 Å². The molecule has 2 nitrogen and oxygen atoms in total. The molecule has 0 aliphatic heterocycles. The molecule has 0 bridgehead atoms. The van der Waals surface area contributed by atoms with E-state index in [1.807, 2.05) is 12.2 Å². The van der Waals surface area contributed by atoms with E-state index in [1.54, 1.807) is 0 Å². The Morgan fingerprint density at radius 2 is 1.20 bits per heavy atom. The number of ether oxygens (including phenoxy) is 2. The van der Waals surface area contributed by atoms with Crippen molar-refractivity contribution in [1.82, 2.24) is 0 Å². The molecule has 0 aromatic heterocycles. The van der Waals surface area contributed by atoms with E-state index in [-0.39, 0.29) is 6.29 Å². The quantitative estimate of drug-likeness (QED) is 0.128. The minimum Gasteiger partial charge on any atom is -0.353 e. The highest BCUT2D eigenvalue weighted by Gasteiger charge is 2.08. The molecule has 0 fully saturated rings. The topological polar surface area (TPSA) is 18.5 Å². The van der Waals surface area contributed by atoms with E-state index in [0.29, 0.717) is 0 Å². The van der Waals surface area contributed by atoms with Crippen LogP contribution in [0, 0.1) is 0 Å².